The Hall–Kier alpha value is -3.09. The summed E-state index contributed by atoms with van der Waals surface area (Å²) in [5, 5.41) is 11.2. The molecule has 22 heavy (non-hydrogen) atoms. The maximum Gasteiger partial charge on any atom is 0.254 e. The number of anilines is 1. The fraction of sp³-hybridized carbons (Fsp3) is 0.133. The van der Waals surface area contributed by atoms with Crippen molar-refractivity contribution in [3.05, 3.63) is 53.9 Å². The van der Waals surface area contributed by atoms with E-state index >= 15 is 0 Å². The van der Waals surface area contributed by atoms with Gasteiger partial charge in [-0.2, -0.15) is 5.10 Å². The zero-order valence-electron chi connectivity index (χ0n) is 12.0. The smallest absolute Gasteiger partial charge is 0.254 e. The number of carbonyl (C=O) groups is 1. The Morgan fingerprint density at radius 3 is 2.86 bits per heavy atom. The van der Waals surface area contributed by atoms with Gasteiger partial charge >= 0.3 is 0 Å². The molecule has 3 aromatic rings. The summed E-state index contributed by atoms with van der Waals surface area (Å²) >= 11 is 0. The van der Waals surface area contributed by atoms with Crippen molar-refractivity contribution in [1.82, 2.24) is 14.9 Å². The van der Waals surface area contributed by atoms with Gasteiger partial charge in [-0.05, 0) is 0 Å². The van der Waals surface area contributed by atoms with Crippen LogP contribution in [0.2, 0.25) is 0 Å². The first-order chi connectivity index (χ1) is 10.6. The fourth-order valence-electron chi connectivity index (χ4n) is 2.11. The van der Waals surface area contributed by atoms with E-state index in [1.807, 2.05) is 36.4 Å². The van der Waals surface area contributed by atoms with Crippen LogP contribution in [0.1, 0.15) is 16.1 Å². The van der Waals surface area contributed by atoms with Crippen LogP contribution in [0.4, 0.5) is 5.82 Å². The zero-order valence-corrected chi connectivity index (χ0v) is 12.0. The topological polar surface area (TPSA) is 99.0 Å². The summed E-state index contributed by atoms with van der Waals surface area (Å²) in [6.07, 6.45) is 1.57. The number of nitrogens with one attached hydrogen (secondary N) is 1. The minimum atomic E-state index is -0.529. The van der Waals surface area contributed by atoms with Gasteiger partial charge in [0.1, 0.15) is 11.3 Å². The zero-order chi connectivity index (χ0) is 15.5. The highest BCUT2D eigenvalue weighted by Gasteiger charge is 2.13. The number of hydrogen-bond acceptors (Lipinski definition) is 5. The van der Waals surface area contributed by atoms with Gasteiger partial charge in [-0.1, -0.05) is 35.5 Å². The van der Waals surface area contributed by atoms with Gasteiger partial charge in [0.25, 0.3) is 5.91 Å². The van der Waals surface area contributed by atoms with Gasteiger partial charge in [-0.25, -0.2) is 0 Å². The van der Waals surface area contributed by atoms with Gasteiger partial charge in [-0.3, -0.25) is 9.48 Å². The van der Waals surface area contributed by atoms with Crippen molar-refractivity contribution in [2.75, 3.05) is 5.32 Å². The summed E-state index contributed by atoms with van der Waals surface area (Å²) in [6.45, 7) is 0.358. The molecule has 0 fully saturated rings. The molecule has 0 saturated carbocycles. The first-order valence-electron chi connectivity index (χ1n) is 6.72. The predicted molar refractivity (Wildman–Crippen MR) is 81.0 cm³/mol. The molecular weight excluding hydrogens is 282 g/mol. The van der Waals surface area contributed by atoms with Crippen molar-refractivity contribution < 1.29 is 9.32 Å². The molecular formula is C15H15N5O2. The van der Waals surface area contributed by atoms with Gasteiger partial charge in [0.15, 0.2) is 11.6 Å². The number of benzene rings is 1. The van der Waals surface area contributed by atoms with Crippen molar-refractivity contribution in [3.63, 3.8) is 0 Å². The number of aromatic nitrogens is 3. The molecule has 0 radical (unpaired) electrons. The van der Waals surface area contributed by atoms with Crippen LogP contribution in [0.3, 0.4) is 0 Å². The van der Waals surface area contributed by atoms with Crippen LogP contribution in [0, 0.1) is 0 Å². The van der Waals surface area contributed by atoms with E-state index in [0.29, 0.717) is 23.7 Å². The van der Waals surface area contributed by atoms with Crippen molar-refractivity contribution in [2.45, 2.75) is 6.54 Å². The van der Waals surface area contributed by atoms with Crippen molar-refractivity contribution >= 4 is 11.7 Å². The molecule has 0 bridgehead atoms. The summed E-state index contributed by atoms with van der Waals surface area (Å²) in [4.78, 5) is 11.3. The second-order valence-electron chi connectivity index (χ2n) is 4.83. The second kappa shape index (κ2) is 5.72. The fourth-order valence-corrected chi connectivity index (χ4v) is 2.11. The normalized spacial score (nSPS) is 10.6. The van der Waals surface area contributed by atoms with Gasteiger partial charge in [0, 0.05) is 24.9 Å². The molecule has 7 heteroatoms. The lowest BCUT2D eigenvalue weighted by Gasteiger charge is -2.00. The molecule has 1 amide bonds. The maximum atomic E-state index is 11.3. The highest BCUT2D eigenvalue weighted by molar-refractivity contribution is 5.97. The van der Waals surface area contributed by atoms with Crippen molar-refractivity contribution in [2.24, 2.45) is 12.8 Å². The number of aryl methyl sites for hydroxylation is 1. The summed E-state index contributed by atoms with van der Waals surface area (Å²) in [5.41, 5.74) is 7.38. The number of rotatable bonds is 5. The first kappa shape index (κ1) is 13.9. The third-order valence-electron chi connectivity index (χ3n) is 3.15. The molecule has 0 atom stereocenters. The summed E-state index contributed by atoms with van der Waals surface area (Å²) in [7, 11) is 1.72. The molecule has 1 aromatic carbocycles. The van der Waals surface area contributed by atoms with Crippen LogP contribution in [0.5, 0.6) is 0 Å². The van der Waals surface area contributed by atoms with Crippen LogP contribution in [-0.4, -0.2) is 20.8 Å². The quantitative estimate of drug-likeness (QED) is 0.748. The maximum absolute atomic E-state index is 11.3. The van der Waals surface area contributed by atoms with E-state index in [9.17, 15) is 4.79 Å². The lowest BCUT2D eigenvalue weighted by molar-refractivity contribution is 0.100. The molecule has 0 spiro atoms. The van der Waals surface area contributed by atoms with Gasteiger partial charge < -0.3 is 15.6 Å². The number of primary amides is 1. The number of nitrogens with two attached hydrogens (primary N) is 1. The largest absolute Gasteiger partial charge is 0.365 e. The van der Waals surface area contributed by atoms with Crippen LogP contribution in [0.25, 0.3) is 11.3 Å². The van der Waals surface area contributed by atoms with E-state index in [1.54, 1.807) is 13.2 Å². The predicted octanol–water partition coefficient (Wildman–Crippen LogP) is 1.79. The molecule has 0 unspecified atom stereocenters. The molecule has 3 N–H and O–H groups in total. The van der Waals surface area contributed by atoms with Crippen LogP contribution >= 0.6 is 0 Å². The molecule has 2 heterocycles. The van der Waals surface area contributed by atoms with E-state index in [2.05, 4.69) is 15.6 Å². The van der Waals surface area contributed by atoms with E-state index in [1.165, 1.54) is 4.68 Å². The summed E-state index contributed by atoms with van der Waals surface area (Å²) in [5.74, 6) is 0.533. The Kier molecular flexibility index (Phi) is 3.61. The average Bonchev–Trinajstić information content (AvgIpc) is 3.12. The lowest BCUT2D eigenvalue weighted by atomic mass is 10.1. The van der Waals surface area contributed by atoms with Crippen LogP contribution in [-0.2, 0) is 13.6 Å². The molecule has 0 aliphatic heterocycles. The number of nitrogens with zero attached hydrogens (tertiary/aromatic N) is 3. The highest BCUT2D eigenvalue weighted by Crippen LogP contribution is 2.19. The van der Waals surface area contributed by atoms with Crippen LogP contribution < -0.4 is 11.1 Å². The lowest BCUT2D eigenvalue weighted by Crippen LogP contribution is -2.13. The molecule has 3 rings (SSSR count). The highest BCUT2D eigenvalue weighted by atomic mass is 16.5. The number of amides is 1. The van der Waals surface area contributed by atoms with Gasteiger partial charge in [0.2, 0.25) is 0 Å². The van der Waals surface area contributed by atoms with Crippen LogP contribution in [0.15, 0.2) is 47.1 Å². The Bertz CT molecular complexity index is 791. The standard InChI is InChI=1S/C15H15N5O2/c1-20-9-12(14(16)21)15(18-20)17-8-11-7-13(19-22-11)10-5-3-2-4-6-10/h2-7,9H,8H2,1H3,(H2,16,21)(H,17,18). The van der Waals surface area contributed by atoms with E-state index in [0.717, 1.165) is 11.3 Å². The number of hydrogen-bond donors (Lipinski definition) is 2. The SMILES string of the molecule is Cn1cc(C(N)=O)c(NCc2cc(-c3ccccc3)no2)n1. The van der Waals surface area contributed by atoms with Gasteiger partial charge in [-0.15, -0.1) is 0 Å². The third-order valence-corrected chi connectivity index (χ3v) is 3.15. The third kappa shape index (κ3) is 2.83. The summed E-state index contributed by atoms with van der Waals surface area (Å²) in [6, 6.07) is 11.6. The number of carbonyl (C=O) groups excluding carboxylic acids is 1. The first-order valence-corrected chi connectivity index (χ1v) is 6.72. The van der Waals surface area contributed by atoms with Crippen molar-refractivity contribution in [3.8, 4) is 11.3 Å². The minimum Gasteiger partial charge on any atom is -0.365 e. The average molecular weight is 297 g/mol. The molecule has 0 aliphatic rings. The minimum absolute atomic E-state index is 0.338. The monoisotopic (exact) mass is 297 g/mol. The molecule has 0 saturated heterocycles. The molecule has 0 aliphatic carbocycles. The molecule has 112 valence electrons. The Morgan fingerprint density at radius 2 is 2.14 bits per heavy atom. The van der Waals surface area contributed by atoms with E-state index in [-0.39, 0.29) is 0 Å². The molecule has 7 nitrogen and oxygen atoms in total. The van der Waals surface area contributed by atoms with E-state index < -0.39 is 5.91 Å². The van der Waals surface area contributed by atoms with E-state index in [4.69, 9.17) is 10.3 Å². The Morgan fingerprint density at radius 1 is 1.36 bits per heavy atom. The Balaban J connectivity index is 1.73. The summed E-state index contributed by atoms with van der Waals surface area (Å²) < 4.78 is 6.81. The Labute approximate surface area is 126 Å². The molecule has 2 aromatic heterocycles. The second-order valence-corrected chi connectivity index (χ2v) is 4.83. The van der Waals surface area contributed by atoms with Gasteiger partial charge in [0.05, 0.1) is 6.54 Å². The van der Waals surface area contributed by atoms with Crippen molar-refractivity contribution in [1.29, 1.82) is 0 Å².